The van der Waals surface area contributed by atoms with Gasteiger partial charge in [-0.15, -0.1) is 0 Å². The van der Waals surface area contributed by atoms with Gasteiger partial charge in [0.15, 0.2) is 0 Å². The van der Waals surface area contributed by atoms with E-state index in [0.29, 0.717) is 33.0 Å². The first-order valence-corrected chi connectivity index (χ1v) is 7.07. The molecule has 0 aromatic rings. The highest BCUT2D eigenvalue weighted by Gasteiger charge is 2.33. The molecule has 1 heterocycles. The minimum absolute atomic E-state index is 0.0382. The molecule has 2 unspecified atom stereocenters. The minimum Gasteiger partial charge on any atom is -0.394 e. The summed E-state index contributed by atoms with van der Waals surface area (Å²) in [4.78, 5) is 12.0. The Morgan fingerprint density at radius 2 is 2.21 bits per heavy atom. The number of hydrogen-bond acceptors (Lipinski definition) is 5. The Balaban J connectivity index is 2.13. The number of aliphatic hydroxyl groups excluding tert-OH is 1. The molecule has 112 valence electrons. The zero-order valence-electron chi connectivity index (χ0n) is 11.7. The number of carbonyl (C=O) groups excluding carboxylic acids is 1. The molecular weight excluding hydrogens is 248 g/mol. The molecule has 1 fully saturated rings. The Labute approximate surface area is 114 Å². The highest BCUT2D eigenvalue weighted by Crippen LogP contribution is 2.13. The highest BCUT2D eigenvalue weighted by molar-refractivity contribution is 5.79. The van der Waals surface area contributed by atoms with Crippen LogP contribution in [0, 0.1) is 5.92 Å². The summed E-state index contributed by atoms with van der Waals surface area (Å²) in [6.07, 6.45) is 1.80. The molecule has 1 aliphatic rings. The molecule has 6 nitrogen and oxygen atoms in total. The van der Waals surface area contributed by atoms with Crippen molar-refractivity contribution in [2.75, 3.05) is 46.1 Å². The zero-order chi connectivity index (χ0) is 13.9. The van der Waals surface area contributed by atoms with Crippen LogP contribution in [-0.2, 0) is 14.3 Å². The second kappa shape index (κ2) is 10.1. The van der Waals surface area contributed by atoms with E-state index in [0.717, 1.165) is 19.4 Å². The van der Waals surface area contributed by atoms with Crippen molar-refractivity contribution < 1.29 is 19.4 Å². The molecule has 0 aliphatic carbocycles. The third-order valence-electron chi connectivity index (χ3n) is 3.07. The average molecular weight is 274 g/mol. The normalized spacial score (nSPS) is 22.6. The van der Waals surface area contributed by atoms with Gasteiger partial charge in [-0.1, -0.05) is 6.92 Å². The van der Waals surface area contributed by atoms with Crippen LogP contribution < -0.4 is 10.6 Å². The van der Waals surface area contributed by atoms with Crippen LogP contribution in [0.2, 0.25) is 0 Å². The summed E-state index contributed by atoms with van der Waals surface area (Å²) in [6, 6.07) is 0.130. The van der Waals surface area contributed by atoms with Crippen LogP contribution in [0.25, 0.3) is 0 Å². The molecule has 0 aromatic heterocycles. The van der Waals surface area contributed by atoms with Crippen LogP contribution in [0.5, 0.6) is 0 Å². The largest absolute Gasteiger partial charge is 0.394 e. The van der Waals surface area contributed by atoms with Gasteiger partial charge in [-0.2, -0.15) is 0 Å². The van der Waals surface area contributed by atoms with Crippen molar-refractivity contribution in [1.29, 1.82) is 0 Å². The Hall–Kier alpha value is -0.690. The third-order valence-corrected chi connectivity index (χ3v) is 3.07. The topological polar surface area (TPSA) is 79.8 Å². The number of aliphatic hydroxyl groups is 1. The smallest absolute Gasteiger partial charge is 0.227 e. The van der Waals surface area contributed by atoms with E-state index in [1.807, 2.05) is 0 Å². The molecule has 0 spiro atoms. The SMILES string of the molecule is CCCNC1COCC1C(=O)NCCCOCCO. The average Bonchev–Trinajstić information content (AvgIpc) is 2.88. The lowest BCUT2D eigenvalue weighted by Gasteiger charge is -2.18. The molecule has 3 N–H and O–H groups in total. The maximum atomic E-state index is 12.0. The Kier molecular flexibility index (Phi) is 8.73. The van der Waals surface area contributed by atoms with E-state index in [9.17, 15) is 4.79 Å². The lowest BCUT2D eigenvalue weighted by Crippen LogP contribution is -2.44. The zero-order valence-corrected chi connectivity index (χ0v) is 11.7. The first-order valence-electron chi connectivity index (χ1n) is 7.07. The van der Waals surface area contributed by atoms with Crippen LogP contribution >= 0.6 is 0 Å². The summed E-state index contributed by atoms with van der Waals surface area (Å²) in [7, 11) is 0. The summed E-state index contributed by atoms with van der Waals surface area (Å²) in [5.41, 5.74) is 0. The molecule has 1 amide bonds. The third kappa shape index (κ3) is 6.33. The first kappa shape index (κ1) is 16.4. The molecule has 0 radical (unpaired) electrons. The fourth-order valence-corrected chi connectivity index (χ4v) is 2.03. The Bertz CT molecular complexity index is 251. The van der Waals surface area contributed by atoms with Gasteiger partial charge in [0.1, 0.15) is 0 Å². The number of ether oxygens (including phenoxy) is 2. The molecule has 1 aliphatic heterocycles. The van der Waals surface area contributed by atoms with Gasteiger partial charge >= 0.3 is 0 Å². The summed E-state index contributed by atoms with van der Waals surface area (Å²) >= 11 is 0. The molecule has 19 heavy (non-hydrogen) atoms. The van der Waals surface area contributed by atoms with Gasteiger partial charge < -0.3 is 25.2 Å². The standard InChI is InChI=1S/C13H26N2O4/c1-2-4-14-12-10-19-9-11(12)13(17)15-5-3-7-18-8-6-16/h11-12,14,16H,2-10H2,1H3,(H,15,17). The number of rotatable bonds is 10. The monoisotopic (exact) mass is 274 g/mol. The van der Waals surface area contributed by atoms with Gasteiger partial charge in [-0.25, -0.2) is 0 Å². The maximum Gasteiger partial charge on any atom is 0.227 e. The second-order valence-electron chi connectivity index (χ2n) is 4.69. The van der Waals surface area contributed by atoms with Gasteiger partial charge in [0, 0.05) is 19.2 Å². The second-order valence-corrected chi connectivity index (χ2v) is 4.69. The molecule has 0 aromatic carbocycles. The predicted molar refractivity (Wildman–Crippen MR) is 71.9 cm³/mol. The van der Waals surface area contributed by atoms with E-state index in [4.69, 9.17) is 14.6 Å². The Morgan fingerprint density at radius 3 is 2.95 bits per heavy atom. The van der Waals surface area contributed by atoms with Gasteiger partial charge in [-0.3, -0.25) is 4.79 Å². The lowest BCUT2D eigenvalue weighted by molar-refractivity contribution is -0.125. The summed E-state index contributed by atoms with van der Waals surface area (Å²) in [6.45, 7) is 5.66. The van der Waals surface area contributed by atoms with Gasteiger partial charge in [-0.05, 0) is 19.4 Å². The lowest BCUT2D eigenvalue weighted by atomic mass is 10.0. The fraction of sp³-hybridized carbons (Fsp3) is 0.923. The van der Waals surface area contributed by atoms with Gasteiger partial charge in [0.05, 0.1) is 32.3 Å². The molecule has 0 saturated carbocycles. The predicted octanol–water partition coefficient (Wildman–Crippen LogP) is -0.484. The van der Waals surface area contributed by atoms with Crippen molar-refractivity contribution in [2.24, 2.45) is 5.92 Å². The van der Waals surface area contributed by atoms with E-state index in [-0.39, 0.29) is 24.5 Å². The molecule has 2 atom stereocenters. The van der Waals surface area contributed by atoms with Crippen LogP contribution in [0.3, 0.4) is 0 Å². The molecule has 6 heteroatoms. The van der Waals surface area contributed by atoms with Gasteiger partial charge in [0.25, 0.3) is 0 Å². The number of carbonyl (C=O) groups is 1. The molecule has 1 saturated heterocycles. The minimum atomic E-state index is -0.0927. The van der Waals surface area contributed by atoms with E-state index < -0.39 is 0 Å². The summed E-state index contributed by atoms with van der Waals surface area (Å²) in [5, 5.41) is 14.8. The van der Waals surface area contributed by atoms with Crippen LogP contribution in [0.4, 0.5) is 0 Å². The highest BCUT2D eigenvalue weighted by atomic mass is 16.5. The molecule has 0 bridgehead atoms. The maximum absolute atomic E-state index is 12.0. The number of nitrogens with one attached hydrogen (secondary N) is 2. The van der Waals surface area contributed by atoms with E-state index in [2.05, 4.69) is 17.6 Å². The van der Waals surface area contributed by atoms with Crippen LogP contribution in [0.15, 0.2) is 0 Å². The number of amides is 1. The molecular formula is C13H26N2O4. The van der Waals surface area contributed by atoms with Crippen molar-refractivity contribution in [2.45, 2.75) is 25.8 Å². The quantitative estimate of drug-likeness (QED) is 0.469. The summed E-state index contributed by atoms with van der Waals surface area (Å²) in [5.74, 6) is -0.0434. The van der Waals surface area contributed by atoms with Crippen molar-refractivity contribution in [1.82, 2.24) is 10.6 Å². The van der Waals surface area contributed by atoms with Crippen LogP contribution in [0.1, 0.15) is 19.8 Å². The molecule has 1 rings (SSSR count). The number of hydrogen-bond donors (Lipinski definition) is 3. The van der Waals surface area contributed by atoms with E-state index in [1.54, 1.807) is 0 Å². The fourth-order valence-electron chi connectivity index (χ4n) is 2.03. The van der Waals surface area contributed by atoms with E-state index >= 15 is 0 Å². The first-order chi connectivity index (χ1) is 9.29. The van der Waals surface area contributed by atoms with E-state index in [1.165, 1.54) is 0 Å². The van der Waals surface area contributed by atoms with Crippen LogP contribution in [-0.4, -0.2) is 63.2 Å². The summed E-state index contributed by atoms with van der Waals surface area (Å²) < 4.78 is 10.5. The van der Waals surface area contributed by atoms with Gasteiger partial charge in [0.2, 0.25) is 5.91 Å². The van der Waals surface area contributed by atoms with Crippen molar-refractivity contribution in [3.05, 3.63) is 0 Å². The van der Waals surface area contributed by atoms with Crippen molar-refractivity contribution in [3.8, 4) is 0 Å². The Morgan fingerprint density at radius 1 is 1.37 bits per heavy atom. The van der Waals surface area contributed by atoms with Crippen molar-refractivity contribution in [3.63, 3.8) is 0 Å². The van der Waals surface area contributed by atoms with Crippen molar-refractivity contribution >= 4 is 5.91 Å².